The van der Waals surface area contributed by atoms with Gasteiger partial charge in [-0.15, -0.1) is 0 Å². The van der Waals surface area contributed by atoms with E-state index in [0.717, 1.165) is 25.3 Å². The SMILES string of the molecule is C.C.C.C.CCCCCC(CC(CC(C)C(=O)OCCC[Si](C)(C)O[Si](C)(C)O[Si](C)(C)CCCC)(c1ccccc1)c1ccccc1)c1ccccc1.P=S. The van der Waals surface area contributed by atoms with Crippen molar-refractivity contribution in [3.63, 3.8) is 0 Å². The van der Waals surface area contributed by atoms with Crippen LogP contribution in [0, 0.1) is 5.92 Å². The van der Waals surface area contributed by atoms with Crippen LogP contribution in [0.1, 0.15) is 131 Å². The molecule has 0 N–H and O–H groups in total. The van der Waals surface area contributed by atoms with E-state index in [2.05, 4.69) is 171 Å². The van der Waals surface area contributed by atoms with Gasteiger partial charge in [0.15, 0.2) is 16.6 Å². The summed E-state index contributed by atoms with van der Waals surface area (Å²) in [4.78, 5) is 13.8. The summed E-state index contributed by atoms with van der Waals surface area (Å²) in [5, 5.41) is 0. The molecular formula is C47H85O4PSSi3. The fourth-order valence-corrected chi connectivity index (χ4v) is 22.1. The van der Waals surface area contributed by atoms with E-state index in [1.807, 2.05) is 0 Å². The lowest BCUT2D eigenvalue weighted by molar-refractivity contribution is -0.148. The normalized spacial score (nSPS) is 12.5. The second-order valence-electron chi connectivity index (χ2n) is 16.2. The minimum absolute atomic E-state index is 0. The van der Waals surface area contributed by atoms with Gasteiger partial charge in [-0.05, 0) is 108 Å². The minimum Gasteiger partial charge on any atom is -0.465 e. The summed E-state index contributed by atoms with van der Waals surface area (Å²) in [6.07, 6.45) is 9.61. The molecule has 4 nitrogen and oxygen atoms in total. The molecule has 0 aliphatic rings. The van der Waals surface area contributed by atoms with E-state index in [1.165, 1.54) is 54.8 Å². The summed E-state index contributed by atoms with van der Waals surface area (Å²) in [6, 6.07) is 34.9. The van der Waals surface area contributed by atoms with Gasteiger partial charge in [0.05, 0.1) is 12.5 Å². The van der Waals surface area contributed by atoms with Crippen molar-refractivity contribution in [2.45, 2.75) is 171 Å². The van der Waals surface area contributed by atoms with E-state index in [4.69, 9.17) is 13.0 Å². The van der Waals surface area contributed by atoms with Crippen molar-refractivity contribution in [2.24, 2.45) is 5.92 Å². The van der Waals surface area contributed by atoms with Gasteiger partial charge >= 0.3 is 14.5 Å². The molecule has 2 unspecified atom stereocenters. The van der Waals surface area contributed by atoms with Gasteiger partial charge in [0.1, 0.15) is 0 Å². The third kappa shape index (κ3) is 20.3. The predicted molar refractivity (Wildman–Crippen MR) is 263 cm³/mol. The Morgan fingerprint density at radius 3 is 1.52 bits per heavy atom. The third-order valence-corrected chi connectivity index (χ3v) is 21.5. The molecule has 9 heteroatoms. The zero-order valence-electron chi connectivity index (χ0n) is 33.8. The van der Waals surface area contributed by atoms with Crippen molar-refractivity contribution in [3.05, 3.63) is 108 Å². The summed E-state index contributed by atoms with van der Waals surface area (Å²) in [5.74, 6) is -0.000131. The number of esters is 1. The van der Waals surface area contributed by atoms with E-state index in [1.54, 1.807) is 0 Å². The summed E-state index contributed by atoms with van der Waals surface area (Å²) < 4.78 is 19.6. The minimum atomic E-state index is -2.25. The quantitative estimate of drug-likeness (QED) is 0.0411. The Kier molecular flexibility index (Phi) is 30.8. The van der Waals surface area contributed by atoms with Crippen LogP contribution in [0.3, 0.4) is 0 Å². The fraction of sp³-hybridized carbons (Fsp3) is 0.596. The molecular weight excluding hydrogens is 776 g/mol. The highest BCUT2D eigenvalue weighted by Crippen LogP contribution is 2.47. The topological polar surface area (TPSA) is 44.8 Å². The Morgan fingerprint density at radius 2 is 1.07 bits per heavy atom. The van der Waals surface area contributed by atoms with Gasteiger partial charge in [0.25, 0.3) is 0 Å². The molecule has 0 aliphatic carbocycles. The van der Waals surface area contributed by atoms with E-state index in [-0.39, 0.29) is 47.0 Å². The predicted octanol–water partition coefficient (Wildman–Crippen LogP) is 15.8. The highest BCUT2D eigenvalue weighted by Gasteiger charge is 2.41. The Hall–Kier alpha value is -1.78. The molecule has 0 saturated carbocycles. The first-order chi connectivity index (χ1) is 24.7. The number of carbonyl (C=O) groups is 1. The lowest BCUT2D eigenvalue weighted by Crippen LogP contribution is -2.52. The largest absolute Gasteiger partial charge is 0.465 e. The first-order valence-electron chi connectivity index (χ1n) is 19.7. The number of unbranched alkanes of at least 4 members (excludes halogenated alkanes) is 3. The fourth-order valence-electron chi connectivity index (χ4n) is 7.88. The lowest BCUT2D eigenvalue weighted by Gasteiger charge is -2.40. The molecule has 0 bridgehead atoms. The number of carbonyl (C=O) groups excluding carboxylic acids is 1. The summed E-state index contributed by atoms with van der Waals surface area (Å²) in [7, 11) is -3.43. The molecule has 0 aromatic heterocycles. The lowest BCUT2D eigenvalue weighted by atomic mass is 9.63. The van der Waals surface area contributed by atoms with E-state index in [9.17, 15) is 4.79 Å². The van der Waals surface area contributed by atoms with Gasteiger partial charge in [-0.25, -0.2) is 0 Å². The van der Waals surface area contributed by atoms with Gasteiger partial charge < -0.3 is 13.0 Å². The van der Waals surface area contributed by atoms with Crippen LogP contribution in [-0.2, 0) is 35.0 Å². The zero-order valence-corrected chi connectivity index (χ0v) is 38.7. The molecule has 3 aromatic carbocycles. The van der Waals surface area contributed by atoms with Gasteiger partial charge in [0.2, 0.25) is 0 Å². The molecule has 0 spiro atoms. The Bertz CT molecular complexity index is 1370. The second-order valence-corrected chi connectivity index (χ2v) is 28.7. The zero-order chi connectivity index (χ0) is 38.7. The van der Waals surface area contributed by atoms with Crippen molar-refractivity contribution < 1.29 is 17.8 Å². The number of hydrogen-bond acceptors (Lipinski definition) is 5. The summed E-state index contributed by atoms with van der Waals surface area (Å²) >= 11 is 3.89. The van der Waals surface area contributed by atoms with E-state index < -0.39 is 25.2 Å². The maximum Gasteiger partial charge on any atom is 0.311 e. The van der Waals surface area contributed by atoms with Crippen LogP contribution >= 0.6 is 8.02 Å². The molecule has 2 atom stereocenters. The molecule has 0 saturated heterocycles. The van der Waals surface area contributed by atoms with Gasteiger partial charge in [-0.2, -0.15) is 0 Å². The molecule has 0 heterocycles. The Balaban J connectivity index is -0.00000460. The molecule has 0 aliphatic heterocycles. The van der Waals surface area contributed by atoms with Crippen LogP contribution in [0.2, 0.25) is 51.4 Å². The Labute approximate surface area is 358 Å². The van der Waals surface area contributed by atoms with Crippen LogP contribution in [-0.4, -0.2) is 37.8 Å². The smallest absolute Gasteiger partial charge is 0.311 e. The highest BCUT2D eigenvalue weighted by molar-refractivity contribution is 7.88. The van der Waals surface area contributed by atoms with Crippen molar-refractivity contribution in [1.29, 1.82) is 0 Å². The number of rotatable bonds is 23. The first-order valence-corrected chi connectivity index (χ1v) is 30.3. The van der Waals surface area contributed by atoms with Crippen molar-refractivity contribution in [3.8, 4) is 0 Å². The number of hydrogen-bond donors (Lipinski definition) is 0. The van der Waals surface area contributed by atoms with Crippen molar-refractivity contribution >= 4 is 51.0 Å². The number of benzene rings is 3. The van der Waals surface area contributed by atoms with Crippen LogP contribution in [0.25, 0.3) is 0 Å². The van der Waals surface area contributed by atoms with Crippen LogP contribution in [0.4, 0.5) is 0 Å². The second kappa shape index (κ2) is 29.4. The maximum absolute atomic E-state index is 13.8. The molecule has 0 radical (unpaired) electrons. The molecule has 0 amide bonds. The van der Waals surface area contributed by atoms with Crippen molar-refractivity contribution in [2.75, 3.05) is 6.61 Å². The van der Waals surface area contributed by atoms with Gasteiger partial charge in [0, 0.05) is 5.41 Å². The molecule has 320 valence electrons. The first kappa shape index (κ1) is 58.5. The number of ether oxygens (including phenoxy) is 1. The van der Waals surface area contributed by atoms with Gasteiger partial charge in [-0.3, -0.25) is 4.79 Å². The Morgan fingerprint density at radius 1 is 0.643 bits per heavy atom. The van der Waals surface area contributed by atoms with E-state index >= 15 is 0 Å². The summed E-state index contributed by atoms with van der Waals surface area (Å²) in [6.45, 7) is 20.7. The molecule has 3 rings (SSSR count). The molecule has 0 fully saturated rings. The van der Waals surface area contributed by atoms with E-state index in [0.29, 0.717) is 18.9 Å². The highest BCUT2D eigenvalue weighted by atomic mass is 32.4. The summed E-state index contributed by atoms with van der Waals surface area (Å²) in [5.41, 5.74) is 3.57. The maximum atomic E-state index is 13.8. The van der Waals surface area contributed by atoms with Crippen LogP contribution in [0.5, 0.6) is 0 Å². The standard InChI is InChI=1S/C43H68O4Si3.4CH4.HPS/c1-10-12-17-27-39(38-25-18-14-19-26-38)36-43(40-28-20-15-21-29-40,41-30-22-16-23-31-41)35-37(3)42(44)45-32-24-34-49(6,7)47-50(8,9)46-48(4,5)33-13-11-2;;;;;1-2/h14-16,18-23,25-26,28-31,37,39H,10-13,17,24,27,32-36H2,1-9H3;4*1H4;1H. The van der Waals surface area contributed by atoms with Gasteiger partial charge in [-0.1, -0.05) is 185 Å². The average molecular weight is 861 g/mol. The van der Waals surface area contributed by atoms with Crippen molar-refractivity contribution in [1.82, 2.24) is 0 Å². The third-order valence-electron chi connectivity index (χ3n) is 10.1. The van der Waals surface area contributed by atoms with Crippen LogP contribution < -0.4 is 0 Å². The van der Waals surface area contributed by atoms with Crippen LogP contribution in [0.15, 0.2) is 91.0 Å². The monoisotopic (exact) mass is 861 g/mol. The molecule has 3 aromatic rings. The molecule has 56 heavy (non-hydrogen) atoms. The average Bonchev–Trinajstić information content (AvgIpc) is 3.12.